The number of nitrogens with zero attached hydrogens (tertiary/aromatic N) is 2. The number of amides is 1. The lowest BCUT2D eigenvalue weighted by Crippen LogP contribution is -2.45. The van der Waals surface area contributed by atoms with Crippen molar-refractivity contribution >= 4 is 5.91 Å². The number of hydrogen-bond donors (Lipinski definition) is 1. The Bertz CT molecular complexity index is 329. The quantitative estimate of drug-likeness (QED) is 0.797. The highest BCUT2D eigenvalue weighted by Gasteiger charge is 2.32. The van der Waals surface area contributed by atoms with Crippen LogP contribution in [-0.2, 0) is 9.53 Å². The van der Waals surface area contributed by atoms with Crippen LogP contribution in [0.15, 0.2) is 0 Å². The van der Waals surface area contributed by atoms with Crippen LogP contribution < -0.4 is 5.73 Å². The molecule has 122 valence electrons. The second kappa shape index (κ2) is 8.11. The first-order valence-electron chi connectivity index (χ1n) is 8.44. The van der Waals surface area contributed by atoms with Crippen molar-refractivity contribution in [2.24, 2.45) is 11.7 Å². The molecular weight excluding hydrogens is 266 g/mol. The molecule has 2 heterocycles. The summed E-state index contributed by atoms with van der Waals surface area (Å²) in [5.41, 5.74) is 5.77. The molecule has 0 bridgehead atoms. The first-order valence-corrected chi connectivity index (χ1v) is 8.44. The van der Waals surface area contributed by atoms with E-state index in [1.807, 2.05) is 6.92 Å². The Kier molecular flexibility index (Phi) is 6.45. The van der Waals surface area contributed by atoms with Gasteiger partial charge in [-0.15, -0.1) is 0 Å². The third kappa shape index (κ3) is 4.94. The predicted molar refractivity (Wildman–Crippen MR) is 84.0 cm³/mol. The van der Waals surface area contributed by atoms with Crippen LogP contribution in [0.2, 0.25) is 0 Å². The van der Waals surface area contributed by atoms with E-state index in [1.165, 1.54) is 0 Å². The predicted octanol–water partition coefficient (Wildman–Crippen LogP) is 1.07. The van der Waals surface area contributed by atoms with Crippen LogP contribution >= 0.6 is 0 Å². The van der Waals surface area contributed by atoms with Crippen LogP contribution in [0.3, 0.4) is 0 Å². The van der Waals surface area contributed by atoms with E-state index < -0.39 is 0 Å². The molecule has 0 spiro atoms. The summed E-state index contributed by atoms with van der Waals surface area (Å²) >= 11 is 0. The maximum absolute atomic E-state index is 12.5. The molecular formula is C16H31N3O2. The number of carbonyl (C=O) groups is 1. The lowest BCUT2D eigenvalue weighted by Gasteiger charge is -2.32. The Balaban J connectivity index is 1.73. The van der Waals surface area contributed by atoms with Crippen LogP contribution in [0.25, 0.3) is 0 Å². The average molecular weight is 297 g/mol. The van der Waals surface area contributed by atoms with Crippen molar-refractivity contribution in [1.82, 2.24) is 9.80 Å². The fraction of sp³-hybridized carbons (Fsp3) is 0.938. The van der Waals surface area contributed by atoms with Crippen molar-refractivity contribution in [3.63, 3.8) is 0 Å². The minimum Gasteiger partial charge on any atom is -0.379 e. The van der Waals surface area contributed by atoms with E-state index in [0.717, 1.165) is 65.1 Å². The molecule has 2 aliphatic heterocycles. The van der Waals surface area contributed by atoms with E-state index in [0.29, 0.717) is 11.9 Å². The fourth-order valence-electron chi connectivity index (χ4n) is 3.36. The summed E-state index contributed by atoms with van der Waals surface area (Å²) in [5, 5.41) is 0. The molecule has 5 heteroatoms. The molecule has 2 N–H and O–H groups in total. The van der Waals surface area contributed by atoms with Crippen molar-refractivity contribution in [1.29, 1.82) is 0 Å². The largest absolute Gasteiger partial charge is 0.379 e. The van der Waals surface area contributed by atoms with Gasteiger partial charge in [-0.1, -0.05) is 13.3 Å². The number of likely N-dealkylation sites (tertiary alicyclic amines) is 1. The van der Waals surface area contributed by atoms with Crippen LogP contribution in [0.4, 0.5) is 0 Å². The highest BCUT2D eigenvalue weighted by Crippen LogP contribution is 2.20. The van der Waals surface area contributed by atoms with Crippen molar-refractivity contribution in [3.05, 3.63) is 0 Å². The zero-order valence-corrected chi connectivity index (χ0v) is 13.6. The summed E-state index contributed by atoms with van der Waals surface area (Å²) in [6.07, 6.45) is 4.12. The van der Waals surface area contributed by atoms with Crippen LogP contribution in [0.1, 0.15) is 39.5 Å². The van der Waals surface area contributed by atoms with E-state index in [9.17, 15) is 4.79 Å². The maximum atomic E-state index is 12.5. The molecule has 2 rings (SSSR count). The molecule has 2 saturated heterocycles. The third-order valence-corrected chi connectivity index (χ3v) is 4.76. The zero-order chi connectivity index (χ0) is 15.2. The standard InChI is InChI=1S/C16H31N3O2/c1-13(4-3-5-14(2)17)16(20)19-7-6-15(12-19)18-8-10-21-11-9-18/h13-15H,3-12,17H2,1-2H3. The number of hydrogen-bond acceptors (Lipinski definition) is 4. The van der Waals surface area contributed by atoms with Gasteiger partial charge in [-0.25, -0.2) is 0 Å². The molecule has 0 aromatic heterocycles. The zero-order valence-electron chi connectivity index (χ0n) is 13.6. The maximum Gasteiger partial charge on any atom is 0.225 e. The highest BCUT2D eigenvalue weighted by molar-refractivity contribution is 5.78. The Hall–Kier alpha value is -0.650. The second-order valence-electron chi connectivity index (χ2n) is 6.68. The molecule has 3 atom stereocenters. The number of nitrogens with two attached hydrogens (primary N) is 1. The van der Waals surface area contributed by atoms with Gasteiger partial charge in [-0.05, 0) is 26.2 Å². The summed E-state index contributed by atoms with van der Waals surface area (Å²) in [4.78, 5) is 17.1. The Morgan fingerprint density at radius 3 is 2.62 bits per heavy atom. The van der Waals surface area contributed by atoms with E-state index in [4.69, 9.17) is 10.5 Å². The fourth-order valence-corrected chi connectivity index (χ4v) is 3.36. The lowest BCUT2D eigenvalue weighted by atomic mass is 10.0. The van der Waals surface area contributed by atoms with Gasteiger partial charge in [-0.2, -0.15) is 0 Å². The van der Waals surface area contributed by atoms with Crippen LogP contribution in [0.5, 0.6) is 0 Å². The SMILES string of the molecule is CC(N)CCCC(C)C(=O)N1CCC(N2CCOCC2)C1. The molecule has 0 aliphatic carbocycles. The average Bonchev–Trinajstić information content (AvgIpc) is 2.96. The molecule has 21 heavy (non-hydrogen) atoms. The first-order chi connectivity index (χ1) is 10.1. The van der Waals surface area contributed by atoms with Gasteiger partial charge in [0.25, 0.3) is 0 Å². The molecule has 0 aromatic rings. The Morgan fingerprint density at radius 1 is 1.24 bits per heavy atom. The number of ether oxygens (including phenoxy) is 1. The minimum absolute atomic E-state index is 0.132. The van der Waals surface area contributed by atoms with E-state index in [2.05, 4.69) is 16.7 Å². The number of rotatable bonds is 6. The lowest BCUT2D eigenvalue weighted by molar-refractivity contribution is -0.134. The minimum atomic E-state index is 0.132. The molecule has 0 saturated carbocycles. The highest BCUT2D eigenvalue weighted by atomic mass is 16.5. The number of morpholine rings is 1. The van der Waals surface area contributed by atoms with Gasteiger partial charge in [0.15, 0.2) is 0 Å². The van der Waals surface area contributed by atoms with Crippen molar-refractivity contribution < 1.29 is 9.53 Å². The molecule has 2 aliphatic rings. The molecule has 3 unspecified atom stereocenters. The first kappa shape index (κ1) is 16.7. The van der Waals surface area contributed by atoms with Gasteiger partial charge in [0, 0.05) is 44.2 Å². The Labute approximate surface area is 128 Å². The summed E-state index contributed by atoms with van der Waals surface area (Å²) < 4.78 is 5.40. The summed E-state index contributed by atoms with van der Waals surface area (Å²) in [7, 11) is 0. The summed E-state index contributed by atoms with van der Waals surface area (Å²) in [6.45, 7) is 9.59. The molecule has 0 aromatic carbocycles. The van der Waals surface area contributed by atoms with Crippen molar-refractivity contribution in [2.75, 3.05) is 39.4 Å². The van der Waals surface area contributed by atoms with Crippen molar-refractivity contribution in [2.45, 2.75) is 51.6 Å². The van der Waals surface area contributed by atoms with E-state index in [-0.39, 0.29) is 12.0 Å². The van der Waals surface area contributed by atoms with Crippen LogP contribution in [-0.4, -0.2) is 67.2 Å². The summed E-state index contributed by atoms with van der Waals surface area (Å²) in [5.74, 6) is 0.461. The smallest absolute Gasteiger partial charge is 0.225 e. The van der Waals surface area contributed by atoms with Gasteiger partial charge in [0.2, 0.25) is 5.91 Å². The second-order valence-corrected chi connectivity index (χ2v) is 6.68. The topological polar surface area (TPSA) is 58.8 Å². The van der Waals surface area contributed by atoms with Gasteiger partial charge < -0.3 is 15.4 Å². The van der Waals surface area contributed by atoms with Gasteiger partial charge in [0.05, 0.1) is 13.2 Å². The normalized spacial score (nSPS) is 26.8. The monoisotopic (exact) mass is 297 g/mol. The Morgan fingerprint density at radius 2 is 1.95 bits per heavy atom. The molecule has 0 radical (unpaired) electrons. The van der Waals surface area contributed by atoms with Gasteiger partial charge >= 0.3 is 0 Å². The van der Waals surface area contributed by atoms with E-state index in [1.54, 1.807) is 0 Å². The van der Waals surface area contributed by atoms with Gasteiger partial charge in [-0.3, -0.25) is 9.69 Å². The molecule has 2 fully saturated rings. The van der Waals surface area contributed by atoms with E-state index >= 15 is 0 Å². The third-order valence-electron chi connectivity index (χ3n) is 4.76. The molecule has 5 nitrogen and oxygen atoms in total. The number of carbonyl (C=O) groups excluding carboxylic acids is 1. The summed E-state index contributed by atoms with van der Waals surface area (Å²) in [6, 6.07) is 0.777. The van der Waals surface area contributed by atoms with Gasteiger partial charge in [0.1, 0.15) is 0 Å². The van der Waals surface area contributed by atoms with Crippen LogP contribution in [0, 0.1) is 5.92 Å². The molecule has 1 amide bonds. The van der Waals surface area contributed by atoms with Crippen molar-refractivity contribution in [3.8, 4) is 0 Å².